The van der Waals surface area contributed by atoms with Crippen molar-refractivity contribution in [2.75, 3.05) is 40.0 Å². The molecule has 2 aromatic carbocycles. The molecule has 170 valence electrons. The van der Waals surface area contributed by atoms with E-state index in [2.05, 4.69) is 4.99 Å². The molecule has 0 unspecified atom stereocenters. The minimum Gasteiger partial charge on any atom is -0.383 e. The molecule has 0 N–H and O–H groups in total. The number of hydrogen-bond acceptors (Lipinski definition) is 6. The molecule has 0 aliphatic carbocycles. The zero-order valence-electron chi connectivity index (χ0n) is 18.0. The first-order valence-corrected chi connectivity index (χ1v) is 12.5. The van der Waals surface area contributed by atoms with E-state index in [1.54, 1.807) is 7.11 Å². The van der Waals surface area contributed by atoms with Crippen LogP contribution in [0.3, 0.4) is 0 Å². The Morgan fingerprint density at radius 2 is 1.88 bits per heavy atom. The first-order valence-electron chi connectivity index (χ1n) is 10.3. The SMILES string of the molecule is COCCn1c(=NC(=O)c2ccc(S(=O)(=O)N3CCOCC3)cc2)sc2cccc(C)c21. The van der Waals surface area contributed by atoms with Crippen LogP contribution in [-0.2, 0) is 26.0 Å². The third-order valence-corrected chi connectivity index (χ3v) is 8.28. The minimum atomic E-state index is -3.61. The Bertz CT molecular complexity index is 1290. The quantitative estimate of drug-likeness (QED) is 0.546. The summed E-state index contributed by atoms with van der Waals surface area (Å²) in [4.78, 5) is 18.0. The first kappa shape index (κ1) is 22.8. The molecule has 1 aliphatic heterocycles. The fourth-order valence-electron chi connectivity index (χ4n) is 3.64. The maximum Gasteiger partial charge on any atom is 0.279 e. The smallest absolute Gasteiger partial charge is 0.279 e. The van der Waals surface area contributed by atoms with Crippen LogP contribution in [0.2, 0.25) is 0 Å². The van der Waals surface area contributed by atoms with Gasteiger partial charge in [0, 0.05) is 32.3 Å². The summed E-state index contributed by atoms with van der Waals surface area (Å²) in [7, 11) is -1.97. The van der Waals surface area contributed by atoms with Gasteiger partial charge in [-0.25, -0.2) is 8.42 Å². The molecule has 8 nitrogen and oxygen atoms in total. The van der Waals surface area contributed by atoms with Gasteiger partial charge in [0.25, 0.3) is 5.91 Å². The highest BCUT2D eigenvalue weighted by atomic mass is 32.2. The molecule has 2 heterocycles. The van der Waals surface area contributed by atoms with Crippen molar-refractivity contribution in [3.63, 3.8) is 0 Å². The van der Waals surface area contributed by atoms with Gasteiger partial charge < -0.3 is 14.0 Å². The van der Waals surface area contributed by atoms with Crippen LogP contribution in [0.5, 0.6) is 0 Å². The topological polar surface area (TPSA) is 90.2 Å². The van der Waals surface area contributed by atoms with Crippen molar-refractivity contribution < 1.29 is 22.7 Å². The lowest BCUT2D eigenvalue weighted by Gasteiger charge is -2.26. The summed E-state index contributed by atoms with van der Waals surface area (Å²) in [5, 5.41) is 0. The minimum absolute atomic E-state index is 0.156. The van der Waals surface area contributed by atoms with Crippen molar-refractivity contribution in [2.45, 2.75) is 18.4 Å². The van der Waals surface area contributed by atoms with Gasteiger partial charge in [0.1, 0.15) is 0 Å². The van der Waals surface area contributed by atoms with E-state index in [4.69, 9.17) is 9.47 Å². The van der Waals surface area contributed by atoms with Gasteiger partial charge in [-0.15, -0.1) is 0 Å². The summed E-state index contributed by atoms with van der Waals surface area (Å²) in [6.45, 7) is 4.51. The Balaban J connectivity index is 1.65. The van der Waals surface area contributed by atoms with Crippen LogP contribution in [0.1, 0.15) is 15.9 Å². The molecule has 0 saturated carbocycles. The van der Waals surface area contributed by atoms with Crippen molar-refractivity contribution in [3.8, 4) is 0 Å². The summed E-state index contributed by atoms with van der Waals surface area (Å²) >= 11 is 1.44. The maximum absolute atomic E-state index is 12.9. The van der Waals surface area contributed by atoms with Crippen LogP contribution < -0.4 is 4.80 Å². The Morgan fingerprint density at radius 1 is 1.16 bits per heavy atom. The molecular weight excluding hydrogens is 450 g/mol. The van der Waals surface area contributed by atoms with Gasteiger partial charge in [-0.05, 0) is 42.8 Å². The number of morpholine rings is 1. The van der Waals surface area contributed by atoms with Gasteiger partial charge in [-0.1, -0.05) is 23.5 Å². The van der Waals surface area contributed by atoms with Crippen LogP contribution in [0, 0.1) is 6.92 Å². The molecule has 0 radical (unpaired) electrons. The zero-order valence-corrected chi connectivity index (χ0v) is 19.6. The fourth-order valence-corrected chi connectivity index (χ4v) is 6.18. The van der Waals surface area contributed by atoms with E-state index in [1.165, 1.54) is 39.9 Å². The Labute approximate surface area is 190 Å². The molecule has 3 aromatic rings. The number of aromatic nitrogens is 1. The number of methoxy groups -OCH3 is 1. The summed E-state index contributed by atoms with van der Waals surface area (Å²) in [6.07, 6.45) is 0. The second kappa shape index (κ2) is 9.63. The molecule has 0 atom stereocenters. The number of rotatable bonds is 6. The lowest BCUT2D eigenvalue weighted by molar-refractivity contribution is 0.0730. The molecule has 4 rings (SSSR count). The third-order valence-electron chi connectivity index (χ3n) is 5.33. The Morgan fingerprint density at radius 3 is 2.56 bits per heavy atom. The first-order chi connectivity index (χ1) is 15.4. The molecule has 0 spiro atoms. The predicted molar refractivity (Wildman–Crippen MR) is 122 cm³/mol. The van der Waals surface area contributed by atoms with E-state index in [-0.39, 0.29) is 4.90 Å². The number of hydrogen-bond donors (Lipinski definition) is 0. The summed E-state index contributed by atoms with van der Waals surface area (Å²) in [5.41, 5.74) is 2.47. The predicted octanol–water partition coefficient (Wildman–Crippen LogP) is 2.42. The lowest BCUT2D eigenvalue weighted by Crippen LogP contribution is -2.40. The highest BCUT2D eigenvalue weighted by molar-refractivity contribution is 7.89. The molecular formula is C22H25N3O5S2. The number of ether oxygens (including phenoxy) is 2. The van der Waals surface area contributed by atoms with Crippen LogP contribution in [-0.4, -0.2) is 63.2 Å². The van der Waals surface area contributed by atoms with E-state index >= 15 is 0 Å². The number of fused-ring (bicyclic) bond motifs is 1. The normalized spacial score (nSPS) is 16.0. The second-order valence-corrected chi connectivity index (χ2v) is 10.4. The van der Waals surface area contributed by atoms with Crippen molar-refractivity contribution in [1.29, 1.82) is 0 Å². The van der Waals surface area contributed by atoms with Crippen LogP contribution in [0.4, 0.5) is 0 Å². The van der Waals surface area contributed by atoms with Gasteiger partial charge in [0.05, 0.1) is 34.9 Å². The van der Waals surface area contributed by atoms with Gasteiger partial charge in [0.15, 0.2) is 4.80 Å². The Kier molecular flexibility index (Phi) is 6.87. The highest BCUT2D eigenvalue weighted by Crippen LogP contribution is 2.21. The number of sulfonamides is 1. The van der Waals surface area contributed by atoms with E-state index in [0.717, 1.165) is 15.8 Å². The molecule has 1 saturated heterocycles. The molecule has 1 fully saturated rings. The van der Waals surface area contributed by atoms with Crippen LogP contribution >= 0.6 is 11.3 Å². The zero-order chi connectivity index (χ0) is 22.7. The third kappa shape index (κ3) is 4.55. The average molecular weight is 476 g/mol. The second-order valence-electron chi connectivity index (χ2n) is 7.41. The van der Waals surface area contributed by atoms with Crippen molar-refractivity contribution in [1.82, 2.24) is 8.87 Å². The van der Waals surface area contributed by atoms with Crippen molar-refractivity contribution in [2.24, 2.45) is 4.99 Å². The monoisotopic (exact) mass is 475 g/mol. The van der Waals surface area contributed by atoms with Gasteiger partial charge in [0.2, 0.25) is 10.0 Å². The lowest BCUT2D eigenvalue weighted by atomic mass is 10.2. The number of carbonyl (C=O) groups is 1. The number of nitrogens with zero attached hydrogens (tertiary/aromatic N) is 3. The fraction of sp³-hybridized carbons (Fsp3) is 0.364. The van der Waals surface area contributed by atoms with E-state index in [1.807, 2.05) is 29.7 Å². The van der Waals surface area contributed by atoms with Crippen molar-refractivity contribution in [3.05, 3.63) is 58.4 Å². The highest BCUT2D eigenvalue weighted by Gasteiger charge is 2.26. The van der Waals surface area contributed by atoms with Crippen LogP contribution in [0.25, 0.3) is 10.2 Å². The summed E-state index contributed by atoms with van der Waals surface area (Å²) in [6, 6.07) is 12.0. The van der Waals surface area contributed by atoms with E-state index in [0.29, 0.717) is 49.8 Å². The summed E-state index contributed by atoms with van der Waals surface area (Å²) in [5.74, 6) is -0.421. The molecule has 0 bridgehead atoms. The van der Waals surface area contributed by atoms with Crippen LogP contribution in [0.15, 0.2) is 52.4 Å². The number of para-hydroxylation sites is 1. The maximum atomic E-state index is 12.9. The van der Waals surface area contributed by atoms with E-state index in [9.17, 15) is 13.2 Å². The molecule has 1 amide bonds. The number of aryl methyl sites for hydroxylation is 1. The number of carbonyl (C=O) groups excluding carboxylic acids is 1. The number of amides is 1. The van der Waals surface area contributed by atoms with Gasteiger partial charge in [-0.3, -0.25) is 4.79 Å². The standard InChI is InChI=1S/C22H25N3O5S2/c1-16-4-3-5-19-20(16)25(12-13-29-2)22(31-19)23-21(26)17-6-8-18(9-7-17)32(27,28)24-10-14-30-15-11-24/h3-9H,10-15H2,1-2H3. The van der Waals surface area contributed by atoms with Gasteiger partial charge in [-0.2, -0.15) is 9.30 Å². The van der Waals surface area contributed by atoms with Crippen molar-refractivity contribution >= 4 is 37.5 Å². The largest absolute Gasteiger partial charge is 0.383 e. The molecule has 10 heteroatoms. The number of thiazole rings is 1. The molecule has 1 aliphatic rings. The summed E-state index contributed by atoms with van der Waals surface area (Å²) < 4.78 is 40.5. The van der Waals surface area contributed by atoms with E-state index < -0.39 is 15.9 Å². The molecule has 1 aromatic heterocycles. The Hall–Kier alpha value is -2.37. The average Bonchev–Trinajstić information content (AvgIpc) is 3.16. The molecule has 32 heavy (non-hydrogen) atoms. The van der Waals surface area contributed by atoms with Gasteiger partial charge >= 0.3 is 0 Å². The number of benzene rings is 2.